The molecule has 160 valence electrons. The molecule has 32 heavy (non-hydrogen) atoms. The number of fused-ring (bicyclic) bond motifs is 1. The maximum Gasteiger partial charge on any atom is 0.450 e. The molecule has 0 aliphatic rings. The van der Waals surface area contributed by atoms with Gasteiger partial charge < -0.3 is 10.1 Å². The van der Waals surface area contributed by atoms with Gasteiger partial charge in [0.15, 0.2) is 0 Å². The zero-order valence-electron chi connectivity index (χ0n) is 16.5. The molecule has 2 aromatic heterocycles. The van der Waals surface area contributed by atoms with Crippen molar-refractivity contribution in [1.29, 1.82) is 5.26 Å². The van der Waals surface area contributed by atoms with Crippen LogP contribution in [0.1, 0.15) is 21.7 Å². The zero-order valence-corrected chi connectivity index (χ0v) is 16.5. The minimum Gasteiger partial charge on any atom is -0.497 e. The Morgan fingerprint density at radius 2 is 1.88 bits per heavy atom. The average Bonchev–Trinajstić information content (AvgIpc) is 3.19. The molecule has 0 unspecified atom stereocenters. The normalized spacial score (nSPS) is 11.2. The van der Waals surface area contributed by atoms with Crippen LogP contribution in [0, 0.1) is 11.3 Å². The molecule has 1 N–H and O–H groups in total. The number of ether oxygens (including phenoxy) is 1. The van der Waals surface area contributed by atoms with Crippen LogP contribution in [0.25, 0.3) is 16.7 Å². The lowest BCUT2D eigenvalue weighted by Gasteiger charge is -2.12. The summed E-state index contributed by atoms with van der Waals surface area (Å²) in [6.45, 7) is 0. The number of rotatable bonds is 4. The lowest BCUT2D eigenvalue weighted by molar-refractivity contribution is -0.145. The first-order chi connectivity index (χ1) is 15.3. The number of carbonyl (C=O) groups excluding carboxylic acids is 1. The third kappa shape index (κ3) is 3.96. The Morgan fingerprint density at radius 3 is 2.47 bits per heavy atom. The number of anilines is 1. The summed E-state index contributed by atoms with van der Waals surface area (Å²) in [7, 11) is 1.41. The van der Waals surface area contributed by atoms with Gasteiger partial charge in [-0.05, 0) is 48.5 Å². The second kappa shape index (κ2) is 8.03. The quantitative estimate of drug-likeness (QED) is 0.505. The van der Waals surface area contributed by atoms with Crippen LogP contribution in [-0.2, 0) is 6.18 Å². The van der Waals surface area contributed by atoms with E-state index in [-0.39, 0.29) is 22.5 Å². The summed E-state index contributed by atoms with van der Waals surface area (Å²) >= 11 is 0. The first-order valence-corrected chi connectivity index (χ1v) is 9.22. The lowest BCUT2D eigenvalue weighted by Crippen LogP contribution is -2.15. The van der Waals surface area contributed by atoms with Gasteiger partial charge in [0.05, 0.1) is 41.7 Å². The number of nitriles is 1. The number of alkyl halides is 3. The van der Waals surface area contributed by atoms with Gasteiger partial charge >= 0.3 is 6.18 Å². The predicted molar refractivity (Wildman–Crippen MR) is 110 cm³/mol. The van der Waals surface area contributed by atoms with Gasteiger partial charge in [0.1, 0.15) is 11.6 Å². The molecule has 0 saturated carbocycles. The van der Waals surface area contributed by atoms with Crippen LogP contribution in [0.2, 0.25) is 0 Å². The van der Waals surface area contributed by atoms with E-state index in [2.05, 4.69) is 15.3 Å². The minimum atomic E-state index is -4.70. The van der Waals surface area contributed by atoms with Crippen molar-refractivity contribution in [3.05, 3.63) is 77.7 Å². The monoisotopic (exact) mass is 437 g/mol. The Bertz CT molecular complexity index is 1340. The second-order valence-electron chi connectivity index (χ2n) is 6.67. The summed E-state index contributed by atoms with van der Waals surface area (Å²) in [4.78, 5) is 20.1. The number of hydrogen-bond acceptors (Lipinski definition) is 5. The number of nitrogens with one attached hydrogen (secondary N) is 1. The van der Waals surface area contributed by atoms with E-state index in [1.54, 1.807) is 6.07 Å². The molecular weight excluding hydrogens is 423 g/mol. The molecule has 0 fully saturated rings. The predicted octanol–water partition coefficient (Wildman–Crippen LogP) is 4.57. The van der Waals surface area contributed by atoms with Gasteiger partial charge in [-0.25, -0.2) is 9.97 Å². The molecule has 0 atom stereocenters. The fourth-order valence-corrected chi connectivity index (χ4v) is 3.12. The number of benzene rings is 2. The molecule has 0 aliphatic carbocycles. The van der Waals surface area contributed by atoms with Crippen molar-refractivity contribution in [2.24, 2.45) is 0 Å². The Labute approximate surface area is 179 Å². The first-order valence-electron chi connectivity index (χ1n) is 9.22. The van der Waals surface area contributed by atoms with Crippen LogP contribution < -0.4 is 10.1 Å². The van der Waals surface area contributed by atoms with E-state index < -0.39 is 17.9 Å². The SMILES string of the molecule is COc1ccc2c(c1)nc(C(F)(F)F)n2-c1ccc(NC(=O)c2ccc(C#N)cc2)nc1. The highest BCUT2D eigenvalue weighted by Crippen LogP contribution is 2.34. The van der Waals surface area contributed by atoms with Crippen molar-refractivity contribution in [2.45, 2.75) is 6.18 Å². The third-order valence-corrected chi connectivity index (χ3v) is 4.64. The first kappa shape index (κ1) is 20.9. The summed E-state index contributed by atoms with van der Waals surface area (Å²) in [5, 5.41) is 11.4. The fourth-order valence-electron chi connectivity index (χ4n) is 3.12. The van der Waals surface area contributed by atoms with Gasteiger partial charge in [-0.3, -0.25) is 9.36 Å². The van der Waals surface area contributed by atoms with Crippen LogP contribution in [-0.4, -0.2) is 27.6 Å². The van der Waals surface area contributed by atoms with Crippen molar-refractivity contribution in [3.63, 3.8) is 0 Å². The molecule has 2 aromatic carbocycles. The van der Waals surface area contributed by atoms with E-state index in [4.69, 9.17) is 10.00 Å². The molecular formula is C22H14F3N5O2. The second-order valence-corrected chi connectivity index (χ2v) is 6.67. The summed E-state index contributed by atoms with van der Waals surface area (Å²) in [5.41, 5.74) is 1.20. The van der Waals surface area contributed by atoms with Gasteiger partial charge in [-0.2, -0.15) is 18.4 Å². The summed E-state index contributed by atoms with van der Waals surface area (Å²) in [5.74, 6) is -1.03. The Balaban J connectivity index is 1.66. The number of amides is 1. The van der Waals surface area contributed by atoms with Crippen molar-refractivity contribution in [2.75, 3.05) is 12.4 Å². The molecule has 7 nitrogen and oxygen atoms in total. The lowest BCUT2D eigenvalue weighted by atomic mass is 10.1. The van der Waals surface area contributed by atoms with Crippen LogP contribution in [0.15, 0.2) is 60.8 Å². The van der Waals surface area contributed by atoms with Gasteiger partial charge in [-0.1, -0.05) is 0 Å². The van der Waals surface area contributed by atoms with Crippen LogP contribution in [0.3, 0.4) is 0 Å². The summed E-state index contributed by atoms with van der Waals surface area (Å²) < 4.78 is 46.9. The average molecular weight is 437 g/mol. The molecule has 0 spiro atoms. The van der Waals surface area contributed by atoms with Crippen molar-refractivity contribution in [1.82, 2.24) is 14.5 Å². The van der Waals surface area contributed by atoms with Crippen LogP contribution in [0.5, 0.6) is 5.75 Å². The highest BCUT2D eigenvalue weighted by Gasteiger charge is 2.38. The molecule has 10 heteroatoms. The Hall–Kier alpha value is -4.39. The summed E-state index contributed by atoms with van der Waals surface area (Å²) in [6, 6.07) is 15.2. The largest absolute Gasteiger partial charge is 0.497 e. The fraction of sp³-hybridized carbons (Fsp3) is 0.0909. The molecule has 2 heterocycles. The Kier molecular flexibility index (Phi) is 5.24. The van der Waals surface area contributed by atoms with E-state index in [0.29, 0.717) is 16.9 Å². The number of pyridine rings is 1. The number of nitrogens with zero attached hydrogens (tertiary/aromatic N) is 4. The number of halogens is 3. The van der Waals surface area contributed by atoms with Crippen LogP contribution in [0.4, 0.5) is 19.0 Å². The third-order valence-electron chi connectivity index (χ3n) is 4.64. The van der Waals surface area contributed by atoms with E-state index in [1.807, 2.05) is 6.07 Å². The molecule has 0 radical (unpaired) electrons. The maximum atomic E-state index is 13.6. The van der Waals surface area contributed by atoms with Crippen molar-refractivity contribution >= 4 is 22.8 Å². The number of carbonyl (C=O) groups is 1. The molecule has 1 amide bonds. The highest BCUT2D eigenvalue weighted by molar-refractivity contribution is 6.03. The number of aromatic nitrogens is 3. The molecule has 4 rings (SSSR count). The standard InChI is InChI=1S/C22H14F3N5O2/c1-32-16-7-8-18-17(10-16)28-21(22(23,24)25)30(18)15-6-9-19(27-12-15)29-20(31)14-4-2-13(11-26)3-5-14/h2-10,12H,1H3,(H,27,29,31). The van der Waals surface area contributed by atoms with E-state index in [9.17, 15) is 18.0 Å². The smallest absolute Gasteiger partial charge is 0.450 e. The summed E-state index contributed by atoms with van der Waals surface area (Å²) in [6.07, 6.45) is -3.48. The van der Waals surface area contributed by atoms with Gasteiger partial charge in [0.25, 0.3) is 5.91 Å². The molecule has 0 aliphatic heterocycles. The Morgan fingerprint density at radius 1 is 1.12 bits per heavy atom. The van der Waals surface area contributed by atoms with Crippen LogP contribution >= 0.6 is 0 Å². The van der Waals surface area contributed by atoms with E-state index >= 15 is 0 Å². The minimum absolute atomic E-state index is 0.120. The number of methoxy groups -OCH3 is 1. The highest BCUT2D eigenvalue weighted by atomic mass is 19.4. The van der Waals surface area contributed by atoms with E-state index in [0.717, 1.165) is 4.57 Å². The molecule has 0 saturated heterocycles. The number of hydrogen-bond donors (Lipinski definition) is 1. The number of imidazole rings is 1. The van der Waals surface area contributed by atoms with Gasteiger partial charge in [0, 0.05) is 11.6 Å². The molecule has 0 bridgehead atoms. The maximum absolute atomic E-state index is 13.6. The topological polar surface area (TPSA) is 92.8 Å². The zero-order chi connectivity index (χ0) is 22.9. The van der Waals surface area contributed by atoms with Gasteiger partial charge in [0.2, 0.25) is 5.82 Å². The molecule has 4 aromatic rings. The van der Waals surface area contributed by atoms with Crippen molar-refractivity contribution < 1.29 is 22.7 Å². The van der Waals surface area contributed by atoms with Gasteiger partial charge in [-0.15, -0.1) is 0 Å². The van der Waals surface area contributed by atoms with Crippen molar-refractivity contribution in [3.8, 4) is 17.5 Å². The van der Waals surface area contributed by atoms with E-state index in [1.165, 1.54) is 61.8 Å².